The van der Waals surface area contributed by atoms with Gasteiger partial charge in [0.15, 0.2) is 0 Å². The van der Waals surface area contributed by atoms with Gasteiger partial charge in [0.25, 0.3) is 0 Å². The summed E-state index contributed by atoms with van der Waals surface area (Å²) in [4.78, 5) is 0. The second kappa shape index (κ2) is 8.09. The fourth-order valence-electron chi connectivity index (χ4n) is 2.34. The van der Waals surface area contributed by atoms with Crippen molar-refractivity contribution < 1.29 is 8.42 Å². The Labute approximate surface area is 106 Å². The van der Waals surface area contributed by atoms with E-state index in [2.05, 4.69) is 12.2 Å². The zero-order valence-electron chi connectivity index (χ0n) is 11.1. The first-order valence-corrected chi connectivity index (χ1v) is 8.90. The molecule has 1 atom stereocenters. The summed E-state index contributed by atoms with van der Waals surface area (Å²) in [5, 5.41) is 3.40. The first-order chi connectivity index (χ1) is 8.14. The highest BCUT2D eigenvalue weighted by Gasteiger charge is 2.17. The van der Waals surface area contributed by atoms with Crippen molar-refractivity contribution >= 4 is 9.84 Å². The fraction of sp³-hybridized carbons (Fsp3) is 1.00. The Hall–Kier alpha value is -0.0900. The van der Waals surface area contributed by atoms with Crippen molar-refractivity contribution in [2.75, 3.05) is 18.1 Å². The number of piperidine rings is 1. The van der Waals surface area contributed by atoms with Gasteiger partial charge < -0.3 is 5.32 Å². The number of hydrogen-bond acceptors (Lipinski definition) is 3. The van der Waals surface area contributed by atoms with E-state index in [1.807, 2.05) is 0 Å². The highest BCUT2D eigenvalue weighted by molar-refractivity contribution is 7.91. The molecule has 3 nitrogen and oxygen atoms in total. The third kappa shape index (κ3) is 7.04. The Bertz CT molecular complexity index is 282. The molecule has 0 saturated carbocycles. The van der Waals surface area contributed by atoms with E-state index in [1.54, 1.807) is 0 Å². The number of sulfone groups is 1. The van der Waals surface area contributed by atoms with Crippen LogP contribution in [0.4, 0.5) is 0 Å². The average molecular weight is 261 g/mol. The molecule has 1 unspecified atom stereocenters. The minimum atomic E-state index is -2.80. The molecule has 0 bridgehead atoms. The number of hydrogen-bond donors (Lipinski definition) is 1. The standard InChI is InChI=1S/C13H27NO2S/c1-2-3-4-7-11-17(15,16)12-9-13-8-5-6-10-14-13/h13-14H,2-12H2,1H3. The predicted molar refractivity (Wildman–Crippen MR) is 73.1 cm³/mol. The molecule has 1 fully saturated rings. The molecule has 102 valence electrons. The molecule has 1 N–H and O–H groups in total. The maximum Gasteiger partial charge on any atom is 0.150 e. The molecule has 1 aliphatic rings. The van der Waals surface area contributed by atoms with Crippen LogP contribution in [0.25, 0.3) is 0 Å². The van der Waals surface area contributed by atoms with Gasteiger partial charge in [-0.1, -0.05) is 32.6 Å². The molecule has 0 aromatic heterocycles. The summed E-state index contributed by atoms with van der Waals surface area (Å²) in [6.07, 6.45) is 8.63. The highest BCUT2D eigenvalue weighted by atomic mass is 32.2. The largest absolute Gasteiger partial charge is 0.314 e. The maximum absolute atomic E-state index is 11.8. The third-order valence-corrected chi connectivity index (χ3v) is 5.27. The van der Waals surface area contributed by atoms with Crippen molar-refractivity contribution in [2.24, 2.45) is 0 Å². The lowest BCUT2D eigenvalue weighted by atomic mass is 10.0. The van der Waals surface area contributed by atoms with Crippen molar-refractivity contribution in [3.05, 3.63) is 0 Å². The SMILES string of the molecule is CCCCCCS(=O)(=O)CCC1CCCCN1. The van der Waals surface area contributed by atoms with Crippen LogP contribution in [-0.4, -0.2) is 32.5 Å². The van der Waals surface area contributed by atoms with Gasteiger partial charge in [0.05, 0.1) is 11.5 Å². The Morgan fingerprint density at radius 1 is 1.12 bits per heavy atom. The molecular weight excluding hydrogens is 234 g/mol. The van der Waals surface area contributed by atoms with Crippen molar-refractivity contribution in [3.8, 4) is 0 Å². The van der Waals surface area contributed by atoms with Crippen LogP contribution >= 0.6 is 0 Å². The van der Waals surface area contributed by atoms with Crippen LogP contribution in [0.5, 0.6) is 0 Å². The van der Waals surface area contributed by atoms with Gasteiger partial charge in [0.1, 0.15) is 9.84 Å². The molecule has 17 heavy (non-hydrogen) atoms. The van der Waals surface area contributed by atoms with Gasteiger partial charge in [-0.25, -0.2) is 8.42 Å². The molecule has 4 heteroatoms. The van der Waals surface area contributed by atoms with Crippen LogP contribution in [0.1, 0.15) is 58.3 Å². The van der Waals surface area contributed by atoms with Crippen LogP contribution in [-0.2, 0) is 9.84 Å². The van der Waals surface area contributed by atoms with E-state index in [0.29, 0.717) is 17.5 Å². The Morgan fingerprint density at radius 3 is 2.59 bits per heavy atom. The van der Waals surface area contributed by atoms with E-state index in [-0.39, 0.29) is 0 Å². The molecule has 0 aromatic rings. The lowest BCUT2D eigenvalue weighted by Crippen LogP contribution is -2.35. The van der Waals surface area contributed by atoms with Crippen LogP contribution < -0.4 is 5.32 Å². The third-order valence-electron chi connectivity index (χ3n) is 3.50. The second-order valence-electron chi connectivity index (χ2n) is 5.15. The van der Waals surface area contributed by atoms with Gasteiger partial charge in [-0.3, -0.25) is 0 Å². The van der Waals surface area contributed by atoms with Gasteiger partial charge in [-0.05, 0) is 32.2 Å². The minimum Gasteiger partial charge on any atom is -0.314 e. The predicted octanol–water partition coefficient (Wildman–Crippen LogP) is 2.51. The molecule has 1 rings (SSSR count). The van der Waals surface area contributed by atoms with Crippen molar-refractivity contribution in [1.82, 2.24) is 5.32 Å². The number of rotatable bonds is 8. The normalized spacial score (nSPS) is 21.6. The van der Waals surface area contributed by atoms with E-state index in [1.165, 1.54) is 12.8 Å². The van der Waals surface area contributed by atoms with Gasteiger partial charge in [-0.2, -0.15) is 0 Å². The summed E-state index contributed by atoms with van der Waals surface area (Å²) in [5.74, 6) is 0.760. The van der Waals surface area contributed by atoms with Crippen molar-refractivity contribution in [2.45, 2.75) is 64.3 Å². The van der Waals surface area contributed by atoms with E-state index < -0.39 is 9.84 Å². The molecule has 0 spiro atoms. The Kier molecular flexibility index (Phi) is 7.12. The Balaban J connectivity index is 2.14. The van der Waals surface area contributed by atoms with E-state index >= 15 is 0 Å². The van der Waals surface area contributed by atoms with Gasteiger partial charge in [0, 0.05) is 6.04 Å². The van der Waals surface area contributed by atoms with Crippen molar-refractivity contribution in [3.63, 3.8) is 0 Å². The minimum absolute atomic E-state index is 0.372. The summed E-state index contributed by atoms with van der Waals surface area (Å²) in [7, 11) is -2.80. The zero-order chi connectivity index (χ0) is 12.6. The summed E-state index contributed by atoms with van der Waals surface area (Å²) < 4.78 is 23.6. The summed E-state index contributed by atoms with van der Waals surface area (Å²) >= 11 is 0. The van der Waals surface area contributed by atoms with Crippen molar-refractivity contribution in [1.29, 1.82) is 0 Å². The van der Waals surface area contributed by atoms with Gasteiger partial charge in [-0.15, -0.1) is 0 Å². The summed E-state index contributed by atoms with van der Waals surface area (Å²) in [6.45, 7) is 3.20. The topological polar surface area (TPSA) is 46.2 Å². The van der Waals surface area contributed by atoms with E-state index in [4.69, 9.17) is 0 Å². The quantitative estimate of drug-likeness (QED) is 0.683. The zero-order valence-corrected chi connectivity index (χ0v) is 11.9. The molecule has 0 radical (unpaired) electrons. The maximum atomic E-state index is 11.8. The van der Waals surface area contributed by atoms with E-state index in [0.717, 1.165) is 45.1 Å². The molecule has 0 aliphatic carbocycles. The highest BCUT2D eigenvalue weighted by Crippen LogP contribution is 2.12. The Morgan fingerprint density at radius 2 is 1.94 bits per heavy atom. The van der Waals surface area contributed by atoms with Gasteiger partial charge >= 0.3 is 0 Å². The lowest BCUT2D eigenvalue weighted by molar-refractivity contribution is 0.392. The van der Waals surface area contributed by atoms with Crippen LogP contribution in [0.15, 0.2) is 0 Å². The molecule has 1 aliphatic heterocycles. The average Bonchev–Trinajstić information content (AvgIpc) is 2.34. The summed E-state index contributed by atoms with van der Waals surface area (Å²) in [6, 6.07) is 0.439. The van der Waals surface area contributed by atoms with Crippen LogP contribution in [0, 0.1) is 0 Å². The smallest absolute Gasteiger partial charge is 0.150 e. The monoisotopic (exact) mass is 261 g/mol. The van der Waals surface area contributed by atoms with E-state index in [9.17, 15) is 8.42 Å². The molecule has 1 heterocycles. The van der Waals surface area contributed by atoms with Crippen LogP contribution in [0.3, 0.4) is 0 Å². The van der Waals surface area contributed by atoms with Gasteiger partial charge in [0.2, 0.25) is 0 Å². The molecule has 1 saturated heterocycles. The first kappa shape index (κ1) is 15.0. The fourth-order valence-corrected chi connectivity index (χ4v) is 3.83. The lowest BCUT2D eigenvalue weighted by Gasteiger charge is -2.23. The molecule has 0 amide bonds. The molecule has 0 aromatic carbocycles. The first-order valence-electron chi connectivity index (χ1n) is 7.08. The second-order valence-corrected chi connectivity index (χ2v) is 7.45. The molecular formula is C13H27NO2S. The van der Waals surface area contributed by atoms with Crippen LogP contribution in [0.2, 0.25) is 0 Å². The number of nitrogens with one attached hydrogen (secondary N) is 1. The number of unbranched alkanes of at least 4 members (excludes halogenated alkanes) is 3. The summed E-state index contributed by atoms with van der Waals surface area (Å²) in [5.41, 5.74) is 0.